The molecule has 13 heteroatoms. The second kappa shape index (κ2) is 8.98. The SMILES string of the molecule is COC(=O)NC(=O)Cc1c(O)n(Cc2nc3cc(C(F)(F)F)ccc3s2)c(=O)c2ccc(F)cc12. The molecule has 182 valence electrons. The number of rotatable bonds is 4. The van der Waals surface area contributed by atoms with Gasteiger partial charge in [-0.05, 0) is 41.8 Å². The number of carbonyl (C=O) groups is 2. The lowest BCUT2D eigenvalue weighted by Gasteiger charge is -2.15. The van der Waals surface area contributed by atoms with E-state index < -0.39 is 47.4 Å². The number of alkyl carbamates (subject to hydrolysis) is 1. The van der Waals surface area contributed by atoms with Gasteiger partial charge in [0.15, 0.2) is 5.88 Å². The largest absolute Gasteiger partial charge is 0.494 e. The van der Waals surface area contributed by atoms with E-state index in [1.807, 2.05) is 5.32 Å². The van der Waals surface area contributed by atoms with Gasteiger partial charge in [-0.1, -0.05) is 0 Å². The first-order valence-corrected chi connectivity index (χ1v) is 10.7. The minimum atomic E-state index is -4.56. The van der Waals surface area contributed by atoms with Gasteiger partial charge in [0.1, 0.15) is 10.8 Å². The molecule has 0 unspecified atom stereocenters. The lowest BCUT2D eigenvalue weighted by atomic mass is 10.0. The predicted octanol–water partition coefficient (Wildman–Crippen LogP) is 3.95. The highest BCUT2D eigenvalue weighted by Gasteiger charge is 2.31. The fourth-order valence-corrected chi connectivity index (χ4v) is 4.46. The number of fused-ring (bicyclic) bond motifs is 2. The van der Waals surface area contributed by atoms with Gasteiger partial charge >= 0.3 is 12.3 Å². The van der Waals surface area contributed by atoms with Crippen molar-refractivity contribution >= 4 is 44.3 Å². The molecule has 2 N–H and O–H groups in total. The van der Waals surface area contributed by atoms with Crippen LogP contribution >= 0.6 is 11.3 Å². The van der Waals surface area contributed by atoms with Gasteiger partial charge in [0.05, 0.1) is 35.9 Å². The Balaban J connectivity index is 1.80. The molecule has 4 rings (SSSR count). The van der Waals surface area contributed by atoms with Gasteiger partial charge < -0.3 is 9.84 Å². The number of alkyl halides is 3. The summed E-state index contributed by atoms with van der Waals surface area (Å²) in [6, 6.07) is 6.23. The van der Waals surface area contributed by atoms with E-state index in [9.17, 15) is 37.1 Å². The molecule has 0 saturated heterocycles. The van der Waals surface area contributed by atoms with Gasteiger partial charge in [-0.25, -0.2) is 14.2 Å². The summed E-state index contributed by atoms with van der Waals surface area (Å²) < 4.78 is 58.6. The summed E-state index contributed by atoms with van der Waals surface area (Å²) in [5.74, 6) is -2.29. The highest BCUT2D eigenvalue weighted by molar-refractivity contribution is 7.18. The summed E-state index contributed by atoms with van der Waals surface area (Å²) in [5.41, 5.74) is -1.69. The Morgan fingerprint density at radius 3 is 2.60 bits per heavy atom. The number of aromatic hydroxyl groups is 1. The van der Waals surface area contributed by atoms with Gasteiger partial charge in [0.25, 0.3) is 5.56 Å². The maximum atomic E-state index is 13.9. The number of pyridine rings is 1. The molecule has 0 aliphatic heterocycles. The molecule has 0 radical (unpaired) electrons. The standard InChI is InChI=1S/C22H15F4N3O5S/c1-34-21(33)28-17(30)8-14-13-7-11(23)3-4-12(13)19(31)29(20(14)32)9-18-27-15-6-10(22(24,25)26)2-5-16(15)35-18/h2-7,32H,8-9H2,1H3,(H,28,30,33). The van der Waals surface area contributed by atoms with Gasteiger partial charge in [-0.2, -0.15) is 13.2 Å². The van der Waals surface area contributed by atoms with Crippen molar-refractivity contribution in [3.63, 3.8) is 0 Å². The summed E-state index contributed by atoms with van der Waals surface area (Å²) in [7, 11) is 1.04. The van der Waals surface area contributed by atoms with E-state index in [2.05, 4.69) is 9.72 Å². The molecule has 0 atom stereocenters. The molecule has 2 aromatic heterocycles. The predicted molar refractivity (Wildman–Crippen MR) is 118 cm³/mol. The summed E-state index contributed by atoms with van der Waals surface area (Å²) in [5, 5.41) is 12.9. The van der Waals surface area contributed by atoms with Crippen molar-refractivity contribution in [2.24, 2.45) is 0 Å². The lowest BCUT2D eigenvalue weighted by Crippen LogP contribution is -2.32. The number of amides is 2. The Labute approximate surface area is 197 Å². The highest BCUT2D eigenvalue weighted by atomic mass is 32.1. The van der Waals surface area contributed by atoms with Crippen molar-refractivity contribution in [3.05, 3.63) is 68.7 Å². The van der Waals surface area contributed by atoms with Crippen LogP contribution in [0.15, 0.2) is 41.2 Å². The van der Waals surface area contributed by atoms with Crippen LogP contribution in [0.25, 0.3) is 21.0 Å². The molecule has 0 saturated carbocycles. The third-order valence-electron chi connectivity index (χ3n) is 5.12. The fourth-order valence-electron chi connectivity index (χ4n) is 3.52. The highest BCUT2D eigenvalue weighted by Crippen LogP contribution is 2.33. The molecule has 2 aromatic carbocycles. The van der Waals surface area contributed by atoms with E-state index in [0.717, 1.165) is 47.3 Å². The topological polar surface area (TPSA) is 111 Å². The zero-order valence-electron chi connectivity index (χ0n) is 17.8. The van der Waals surface area contributed by atoms with Crippen molar-refractivity contribution in [2.45, 2.75) is 19.1 Å². The number of imide groups is 1. The fraction of sp³-hybridized carbons (Fsp3) is 0.182. The summed E-state index contributed by atoms with van der Waals surface area (Å²) in [6.45, 7) is -0.329. The van der Waals surface area contributed by atoms with Crippen LogP contribution in [0.5, 0.6) is 5.88 Å². The van der Waals surface area contributed by atoms with Crippen molar-refractivity contribution in [2.75, 3.05) is 7.11 Å². The smallest absolute Gasteiger partial charge is 0.416 e. The van der Waals surface area contributed by atoms with E-state index in [4.69, 9.17) is 0 Å². The Kier molecular flexibility index (Phi) is 6.19. The number of ether oxygens (including phenoxy) is 1. The number of hydrogen-bond acceptors (Lipinski definition) is 7. The Hall–Kier alpha value is -4.00. The molecule has 2 heterocycles. The quantitative estimate of drug-likeness (QED) is 0.403. The molecule has 8 nitrogen and oxygen atoms in total. The van der Waals surface area contributed by atoms with E-state index in [0.29, 0.717) is 4.70 Å². The zero-order chi connectivity index (χ0) is 25.5. The molecule has 35 heavy (non-hydrogen) atoms. The first kappa shape index (κ1) is 24.1. The molecule has 0 fully saturated rings. The van der Waals surface area contributed by atoms with Crippen molar-refractivity contribution < 1.29 is 37.0 Å². The van der Waals surface area contributed by atoms with Crippen LogP contribution in [0.1, 0.15) is 16.1 Å². The lowest BCUT2D eigenvalue weighted by molar-refractivity contribution is -0.137. The first-order valence-electron chi connectivity index (χ1n) is 9.86. The molecular formula is C22H15F4N3O5S. The molecule has 2 amide bonds. The second-order valence-electron chi connectivity index (χ2n) is 7.39. The summed E-state index contributed by atoms with van der Waals surface area (Å²) in [6.07, 6.45) is -6.21. The van der Waals surface area contributed by atoms with Gasteiger partial charge in [-0.15, -0.1) is 11.3 Å². The second-order valence-corrected chi connectivity index (χ2v) is 8.50. The van der Waals surface area contributed by atoms with Crippen molar-refractivity contribution in [1.82, 2.24) is 14.9 Å². The monoisotopic (exact) mass is 509 g/mol. The third-order valence-corrected chi connectivity index (χ3v) is 6.15. The van der Waals surface area contributed by atoms with E-state index in [1.165, 1.54) is 12.1 Å². The van der Waals surface area contributed by atoms with Gasteiger partial charge in [0, 0.05) is 10.9 Å². The number of thiazole rings is 1. The maximum Gasteiger partial charge on any atom is 0.416 e. The Morgan fingerprint density at radius 2 is 1.91 bits per heavy atom. The molecule has 0 aliphatic rings. The molecule has 4 aromatic rings. The average Bonchev–Trinajstić information content (AvgIpc) is 3.20. The molecule has 0 spiro atoms. The number of carbonyl (C=O) groups excluding carboxylic acids is 2. The van der Waals surface area contributed by atoms with E-state index in [1.54, 1.807) is 0 Å². The average molecular weight is 509 g/mol. The van der Waals surface area contributed by atoms with Crippen LogP contribution in [0.3, 0.4) is 0 Å². The number of benzene rings is 2. The van der Waals surface area contributed by atoms with Gasteiger partial charge in [0.2, 0.25) is 5.91 Å². The number of nitrogens with zero attached hydrogens (tertiary/aromatic N) is 2. The molecule has 0 aliphatic carbocycles. The Bertz CT molecular complexity index is 1540. The van der Waals surface area contributed by atoms with Crippen LogP contribution in [0, 0.1) is 5.82 Å². The third kappa shape index (κ3) is 4.80. The van der Waals surface area contributed by atoms with Gasteiger partial charge in [-0.3, -0.25) is 19.5 Å². The van der Waals surface area contributed by atoms with Crippen LogP contribution < -0.4 is 10.9 Å². The van der Waals surface area contributed by atoms with Crippen LogP contribution in [-0.4, -0.2) is 33.8 Å². The Morgan fingerprint density at radius 1 is 1.17 bits per heavy atom. The summed E-state index contributed by atoms with van der Waals surface area (Å²) >= 11 is 1.02. The van der Waals surface area contributed by atoms with Crippen LogP contribution in [0.2, 0.25) is 0 Å². The summed E-state index contributed by atoms with van der Waals surface area (Å²) in [4.78, 5) is 40.8. The molecule has 0 bridgehead atoms. The number of hydrogen-bond donors (Lipinski definition) is 2. The van der Waals surface area contributed by atoms with E-state index >= 15 is 0 Å². The van der Waals surface area contributed by atoms with Crippen molar-refractivity contribution in [1.29, 1.82) is 0 Å². The number of nitrogens with one attached hydrogen (secondary N) is 1. The number of halogens is 4. The minimum absolute atomic E-state index is 0.0227. The zero-order valence-corrected chi connectivity index (χ0v) is 18.6. The van der Waals surface area contributed by atoms with E-state index in [-0.39, 0.29) is 33.4 Å². The maximum absolute atomic E-state index is 13.9. The van der Waals surface area contributed by atoms with Crippen LogP contribution in [0.4, 0.5) is 22.4 Å². The molecular weight excluding hydrogens is 494 g/mol. The minimum Gasteiger partial charge on any atom is -0.494 e. The van der Waals surface area contributed by atoms with Crippen molar-refractivity contribution in [3.8, 4) is 5.88 Å². The van der Waals surface area contributed by atoms with Crippen LogP contribution in [-0.2, 0) is 28.7 Å². The number of aromatic nitrogens is 2. The normalized spacial score (nSPS) is 11.7. The number of methoxy groups -OCH3 is 1. The first-order chi connectivity index (χ1) is 16.5.